The van der Waals surface area contributed by atoms with E-state index in [4.69, 9.17) is 9.47 Å². The molecule has 3 nitrogen and oxygen atoms in total. The van der Waals surface area contributed by atoms with Crippen LogP contribution in [0.25, 0.3) is 0 Å². The molecule has 1 aromatic carbocycles. The van der Waals surface area contributed by atoms with Gasteiger partial charge in [-0.25, -0.2) is 0 Å². The number of ether oxygens (including phenoxy) is 2. The summed E-state index contributed by atoms with van der Waals surface area (Å²) in [5.74, 6) is 1.68. The number of nitrogens with zero attached hydrogens (tertiary/aromatic N) is 1. The first kappa shape index (κ1) is 13.9. The van der Waals surface area contributed by atoms with E-state index in [9.17, 15) is 0 Å². The molecule has 0 fully saturated rings. The van der Waals surface area contributed by atoms with E-state index in [1.165, 1.54) is 0 Å². The fraction of sp³-hybridized carbons (Fsp3) is 0.267. The van der Waals surface area contributed by atoms with Crippen molar-refractivity contribution in [3.8, 4) is 11.5 Å². The van der Waals surface area contributed by atoms with E-state index in [1.54, 1.807) is 13.3 Å². The molecule has 0 bridgehead atoms. The summed E-state index contributed by atoms with van der Waals surface area (Å²) in [6.45, 7) is 2.50. The van der Waals surface area contributed by atoms with Gasteiger partial charge in [-0.2, -0.15) is 0 Å². The fourth-order valence-electron chi connectivity index (χ4n) is 1.74. The average molecular weight is 322 g/mol. The van der Waals surface area contributed by atoms with Gasteiger partial charge in [-0.1, -0.05) is 22.0 Å². The highest BCUT2D eigenvalue weighted by molar-refractivity contribution is 9.08. The monoisotopic (exact) mass is 321 g/mol. The fourth-order valence-corrected chi connectivity index (χ4v) is 2.18. The van der Waals surface area contributed by atoms with Crippen molar-refractivity contribution in [3.05, 3.63) is 53.3 Å². The van der Waals surface area contributed by atoms with Crippen molar-refractivity contribution in [2.24, 2.45) is 0 Å². The summed E-state index contributed by atoms with van der Waals surface area (Å²) in [5.41, 5.74) is 3.16. The molecule has 2 rings (SSSR count). The van der Waals surface area contributed by atoms with E-state index in [0.29, 0.717) is 6.61 Å². The van der Waals surface area contributed by atoms with Crippen LogP contribution in [0.1, 0.15) is 16.8 Å². The van der Waals surface area contributed by atoms with Crippen molar-refractivity contribution in [2.75, 3.05) is 7.11 Å². The molecule has 0 aliphatic rings. The Morgan fingerprint density at radius 2 is 2.11 bits per heavy atom. The summed E-state index contributed by atoms with van der Waals surface area (Å²) in [6.07, 6.45) is 1.78. The van der Waals surface area contributed by atoms with Gasteiger partial charge in [0.25, 0.3) is 0 Å². The standard InChI is InChI=1S/C15H16BrNO2/c1-11-4-3-7-17-14(11)10-19-15-6-5-13(18-2)8-12(15)9-16/h3-8H,9-10H2,1-2H3. The number of pyridine rings is 1. The highest BCUT2D eigenvalue weighted by atomic mass is 79.9. The molecule has 0 N–H and O–H groups in total. The molecule has 2 aromatic rings. The Morgan fingerprint density at radius 1 is 1.26 bits per heavy atom. The summed E-state index contributed by atoms with van der Waals surface area (Å²) in [6, 6.07) is 9.75. The Balaban J connectivity index is 2.13. The summed E-state index contributed by atoms with van der Waals surface area (Å²) in [4.78, 5) is 4.32. The second-order valence-corrected chi connectivity index (χ2v) is 4.72. The van der Waals surface area contributed by atoms with Crippen LogP contribution in [0.15, 0.2) is 36.5 Å². The molecule has 0 saturated carbocycles. The quantitative estimate of drug-likeness (QED) is 0.783. The normalized spacial score (nSPS) is 10.3. The van der Waals surface area contributed by atoms with Crippen LogP contribution >= 0.6 is 15.9 Å². The number of aromatic nitrogens is 1. The van der Waals surface area contributed by atoms with Crippen molar-refractivity contribution < 1.29 is 9.47 Å². The van der Waals surface area contributed by atoms with Crippen LogP contribution in [0.5, 0.6) is 11.5 Å². The summed E-state index contributed by atoms with van der Waals surface area (Å²) in [7, 11) is 1.66. The largest absolute Gasteiger partial charge is 0.497 e. The summed E-state index contributed by atoms with van der Waals surface area (Å²) in [5, 5.41) is 0.723. The number of hydrogen-bond acceptors (Lipinski definition) is 3. The lowest BCUT2D eigenvalue weighted by Gasteiger charge is -2.12. The summed E-state index contributed by atoms with van der Waals surface area (Å²) < 4.78 is 11.1. The molecule has 4 heteroatoms. The molecule has 1 heterocycles. The Kier molecular flexibility index (Phi) is 4.80. The van der Waals surface area contributed by atoms with Crippen molar-refractivity contribution >= 4 is 15.9 Å². The van der Waals surface area contributed by atoms with Crippen LogP contribution in [0.2, 0.25) is 0 Å². The molecule has 0 spiro atoms. The van der Waals surface area contributed by atoms with Crippen molar-refractivity contribution in [1.29, 1.82) is 0 Å². The molecule has 0 unspecified atom stereocenters. The van der Waals surface area contributed by atoms with Crippen molar-refractivity contribution in [1.82, 2.24) is 4.98 Å². The average Bonchev–Trinajstić information content (AvgIpc) is 2.46. The molecule has 0 atom stereocenters. The maximum absolute atomic E-state index is 5.85. The Hall–Kier alpha value is -1.55. The van der Waals surface area contributed by atoms with Gasteiger partial charge in [-0.05, 0) is 36.8 Å². The predicted molar refractivity (Wildman–Crippen MR) is 78.9 cm³/mol. The first-order valence-electron chi connectivity index (χ1n) is 6.00. The number of benzene rings is 1. The van der Waals surface area contributed by atoms with Gasteiger partial charge < -0.3 is 9.47 Å². The topological polar surface area (TPSA) is 31.4 Å². The Labute approximate surface area is 121 Å². The first-order valence-corrected chi connectivity index (χ1v) is 7.13. The molecule has 1 aromatic heterocycles. The zero-order valence-electron chi connectivity index (χ0n) is 11.0. The maximum atomic E-state index is 5.85. The third kappa shape index (κ3) is 3.47. The van der Waals surface area contributed by atoms with Gasteiger partial charge in [0, 0.05) is 17.1 Å². The number of alkyl halides is 1. The van der Waals surface area contributed by atoms with Gasteiger partial charge in [-0.15, -0.1) is 0 Å². The van der Waals surface area contributed by atoms with E-state index in [1.807, 2.05) is 37.3 Å². The second-order valence-electron chi connectivity index (χ2n) is 4.16. The molecule has 19 heavy (non-hydrogen) atoms. The van der Waals surface area contributed by atoms with E-state index in [2.05, 4.69) is 20.9 Å². The lowest BCUT2D eigenvalue weighted by Crippen LogP contribution is -2.02. The molecular weight excluding hydrogens is 306 g/mol. The third-order valence-electron chi connectivity index (χ3n) is 2.89. The van der Waals surface area contributed by atoms with E-state index in [0.717, 1.165) is 33.6 Å². The second kappa shape index (κ2) is 6.57. The molecule has 100 valence electrons. The predicted octanol–water partition coefficient (Wildman–Crippen LogP) is 3.87. The van der Waals surface area contributed by atoms with Gasteiger partial charge in [0.1, 0.15) is 18.1 Å². The van der Waals surface area contributed by atoms with Crippen LogP contribution in [0.4, 0.5) is 0 Å². The van der Waals surface area contributed by atoms with Crippen LogP contribution < -0.4 is 9.47 Å². The molecule has 0 aliphatic heterocycles. The smallest absolute Gasteiger partial charge is 0.130 e. The first-order chi connectivity index (χ1) is 9.24. The highest BCUT2D eigenvalue weighted by Gasteiger charge is 2.06. The number of methoxy groups -OCH3 is 1. The molecule has 0 saturated heterocycles. The number of hydrogen-bond donors (Lipinski definition) is 0. The number of aryl methyl sites for hydroxylation is 1. The minimum Gasteiger partial charge on any atom is -0.497 e. The van der Waals surface area contributed by atoms with Crippen molar-refractivity contribution in [3.63, 3.8) is 0 Å². The summed E-state index contributed by atoms with van der Waals surface area (Å²) >= 11 is 3.46. The lowest BCUT2D eigenvalue weighted by atomic mass is 10.2. The van der Waals surface area contributed by atoms with E-state index in [-0.39, 0.29) is 0 Å². The van der Waals surface area contributed by atoms with Gasteiger partial charge >= 0.3 is 0 Å². The van der Waals surface area contributed by atoms with Gasteiger partial charge in [-0.3, -0.25) is 4.98 Å². The zero-order chi connectivity index (χ0) is 13.7. The van der Waals surface area contributed by atoms with Gasteiger partial charge in [0.2, 0.25) is 0 Å². The van der Waals surface area contributed by atoms with E-state index >= 15 is 0 Å². The number of rotatable bonds is 5. The Morgan fingerprint density at radius 3 is 2.79 bits per heavy atom. The van der Waals surface area contributed by atoms with Crippen LogP contribution in [0.3, 0.4) is 0 Å². The molecule has 0 aliphatic carbocycles. The van der Waals surface area contributed by atoms with Crippen molar-refractivity contribution in [2.45, 2.75) is 18.9 Å². The molecule has 0 amide bonds. The van der Waals surface area contributed by atoms with Crippen LogP contribution in [0, 0.1) is 6.92 Å². The minimum atomic E-state index is 0.471. The van der Waals surface area contributed by atoms with Gasteiger partial charge in [0.15, 0.2) is 0 Å². The van der Waals surface area contributed by atoms with Crippen LogP contribution in [-0.4, -0.2) is 12.1 Å². The zero-order valence-corrected chi connectivity index (χ0v) is 12.6. The van der Waals surface area contributed by atoms with Gasteiger partial charge in [0.05, 0.1) is 12.8 Å². The third-order valence-corrected chi connectivity index (χ3v) is 3.50. The highest BCUT2D eigenvalue weighted by Crippen LogP contribution is 2.26. The lowest BCUT2D eigenvalue weighted by molar-refractivity contribution is 0.297. The molecule has 0 radical (unpaired) electrons. The maximum Gasteiger partial charge on any atom is 0.130 e. The van der Waals surface area contributed by atoms with Crippen LogP contribution in [-0.2, 0) is 11.9 Å². The number of halogens is 1. The Bertz CT molecular complexity index is 558. The minimum absolute atomic E-state index is 0.471. The molecular formula is C15H16BrNO2. The SMILES string of the molecule is COc1ccc(OCc2ncccc2C)c(CBr)c1. The van der Waals surface area contributed by atoms with E-state index < -0.39 is 0 Å².